The summed E-state index contributed by atoms with van der Waals surface area (Å²) in [5.41, 5.74) is 0.0352. The van der Waals surface area contributed by atoms with Gasteiger partial charge in [0.05, 0.1) is 23.0 Å². The number of non-ortho nitro benzene ring substituents is 1. The third-order valence-corrected chi connectivity index (χ3v) is 7.04. The first-order valence-electron chi connectivity index (χ1n) is 11.8. The Bertz CT molecular complexity index is 1140. The molecule has 2 aliphatic rings. The molecule has 13 heteroatoms. The van der Waals surface area contributed by atoms with Crippen LogP contribution in [0, 0.1) is 16.0 Å². The van der Waals surface area contributed by atoms with Crippen molar-refractivity contribution in [1.29, 1.82) is 0 Å². The highest BCUT2D eigenvalue weighted by Gasteiger charge is 2.63. The number of methoxy groups -OCH3 is 1. The first-order chi connectivity index (χ1) is 17.4. The number of carboxylic acids is 1. The number of carbonyl (C=O) groups is 2. The molecular formula is C24H29F3N4O6. The Morgan fingerprint density at radius 2 is 2.05 bits per heavy atom. The molecule has 0 saturated carbocycles. The van der Waals surface area contributed by atoms with Crippen molar-refractivity contribution >= 4 is 23.3 Å². The van der Waals surface area contributed by atoms with Crippen molar-refractivity contribution in [3.05, 3.63) is 51.2 Å². The number of nitrogens with two attached hydrogens (primary N) is 1. The van der Waals surface area contributed by atoms with Gasteiger partial charge in [-0.3, -0.25) is 24.8 Å². The third-order valence-electron chi connectivity index (χ3n) is 7.04. The van der Waals surface area contributed by atoms with E-state index in [-0.39, 0.29) is 24.2 Å². The summed E-state index contributed by atoms with van der Waals surface area (Å²) >= 11 is 0. The standard InChI is InChI=1S/C24H29F3N4O6/c1-14-18(21(32)33)23(15-7-5-8-16(13-15)31(35)36,17-9-3-4-11-30(17)12-6-10-28)19(22(34)37-2)20(29-14)24(25,26)27/h5,7-8,13,17-18H,3-4,6,9-12,28H2,1-2H3,(H,32,33). The minimum atomic E-state index is -5.14. The fourth-order valence-electron chi connectivity index (χ4n) is 5.72. The molecule has 1 saturated heterocycles. The molecule has 10 nitrogen and oxygen atoms in total. The predicted molar refractivity (Wildman–Crippen MR) is 127 cm³/mol. The lowest BCUT2D eigenvalue weighted by Gasteiger charge is -2.53. The number of rotatable bonds is 8. The van der Waals surface area contributed by atoms with Crippen LogP contribution in [0.4, 0.5) is 18.9 Å². The molecule has 0 radical (unpaired) electrons. The first kappa shape index (κ1) is 28.3. The lowest BCUT2D eigenvalue weighted by Crippen LogP contribution is -2.63. The van der Waals surface area contributed by atoms with Gasteiger partial charge in [0, 0.05) is 23.9 Å². The summed E-state index contributed by atoms with van der Waals surface area (Å²) in [6, 6.07) is 3.84. The zero-order valence-electron chi connectivity index (χ0n) is 20.5. The number of allylic oxidation sites excluding steroid dienone is 1. The summed E-state index contributed by atoms with van der Waals surface area (Å²) in [6.45, 7) is 2.19. The summed E-state index contributed by atoms with van der Waals surface area (Å²) in [5, 5.41) is 22.1. The van der Waals surface area contributed by atoms with Gasteiger partial charge < -0.3 is 15.6 Å². The maximum atomic E-state index is 14.5. The normalized spacial score (nSPS) is 25.0. The Hall–Kier alpha value is -3.32. The van der Waals surface area contributed by atoms with E-state index < -0.39 is 57.4 Å². The molecule has 0 spiro atoms. The number of aliphatic imine (C=N–C) groups is 1. The number of hydrogen-bond acceptors (Lipinski definition) is 8. The van der Waals surface area contributed by atoms with Gasteiger partial charge in [-0.25, -0.2) is 4.79 Å². The number of nitrogens with zero attached hydrogens (tertiary/aromatic N) is 3. The Morgan fingerprint density at radius 1 is 1.35 bits per heavy atom. The maximum absolute atomic E-state index is 14.5. The lowest BCUT2D eigenvalue weighted by molar-refractivity contribution is -0.385. The van der Waals surface area contributed by atoms with Crippen LogP contribution in [0.25, 0.3) is 0 Å². The number of alkyl halides is 3. The molecule has 1 aromatic rings. The van der Waals surface area contributed by atoms with Gasteiger partial charge in [0.2, 0.25) is 0 Å². The Labute approximate surface area is 211 Å². The second-order valence-electron chi connectivity index (χ2n) is 9.10. The van der Waals surface area contributed by atoms with E-state index in [1.54, 1.807) is 0 Å². The molecular weight excluding hydrogens is 497 g/mol. The van der Waals surface area contributed by atoms with Crippen molar-refractivity contribution in [3.63, 3.8) is 0 Å². The largest absolute Gasteiger partial charge is 0.481 e. The number of carboxylic acid groups (broad SMARTS) is 1. The average Bonchev–Trinajstić information content (AvgIpc) is 2.85. The summed E-state index contributed by atoms with van der Waals surface area (Å²) in [4.78, 5) is 42.4. The van der Waals surface area contributed by atoms with E-state index in [0.717, 1.165) is 26.2 Å². The Morgan fingerprint density at radius 3 is 2.62 bits per heavy atom. The number of aliphatic carboxylic acids is 1. The van der Waals surface area contributed by atoms with Crippen molar-refractivity contribution in [2.75, 3.05) is 26.7 Å². The van der Waals surface area contributed by atoms with E-state index in [4.69, 9.17) is 10.5 Å². The van der Waals surface area contributed by atoms with Crippen LogP contribution in [0.1, 0.15) is 38.2 Å². The van der Waals surface area contributed by atoms with Gasteiger partial charge in [-0.05, 0) is 51.4 Å². The van der Waals surface area contributed by atoms with Gasteiger partial charge >= 0.3 is 18.1 Å². The van der Waals surface area contributed by atoms with E-state index in [2.05, 4.69) is 4.99 Å². The summed E-state index contributed by atoms with van der Waals surface area (Å²) in [6.07, 6.45) is -3.21. The number of esters is 1. The number of ether oxygens (including phenoxy) is 1. The molecule has 0 aliphatic carbocycles. The first-order valence-corrected chi connectivity index (χ1v) is 11.8. The topological polar surface area (TPSA) is 148 Å². The molecule has 37 heavy (non-hydrogen) atoms. The van der Waals surface area contributed by atoms with Gasteiger partial charge in [-0.15, -0.1) is 0 Å². The molecule has 2 heterocycles. The highest BCUT2D eigenvalue weighted by atomic mass is 19.4. The number of nitro benzene ring substituents is 1. The van der Waals surface area contributed by atoms with Gasteiger partial charge in [0.1, 0.15) is 5.92 Å². The van der Waals surface area contributed by atoms with Crippen LogP contribution in [0.2, 0.25) is 0 Å². The minimum absolute atomic E-state index is 0.102. The number of benzene rings is 1. The van der Waals surface area contributed by atoms with E-state index >= 15 is 0 Å². The fourth-order valence-corrected chi connectivity index (χ4v) is 5.72. The van der Waals surface area contributed by atoms with Crippen molar-refractivity contribution in [1.82, 2.24) is 4.90 Å². The molecule has 2 aliphatic heterocycles. The van der Waals surface area contributed by atoms with E-state index in [1.165, 1.54) is 12.1 Å². The smallest absolute Gasteiger partial charge is 0.433 e. The molecule has 3 atom stereocenters. The Kier molecular flexibility index (Phi) is 8.38. The van der Waals surface area contributed by atoms with Crippen LogP contribution in [-0.2, 0) is 19.7 Å². The van der Waals surface area contributed by atoms with Crippen LogP contribution in [0.3, 0.4) is 0 Å². The summed E-state index contributed by atoms with van der Waals surface area (Å²) in [7, 11) is 0.898. The number of carbonyl (C=O) groups excluding carboxylic acids is 1. The van der Waals surface area contributed by atoms with Crippen molar-refractivity contribution in [2.45, 2.75) is 50.2 Å². The molecule has 1 aromatic carbocycles. The minimum Gasteiger partial charge on any atom is -0.481 e. The molecule has 202 valence electrons. The van der Waals surface area contributed by atoms with Crippen LogP contribution in [0.15, 0.2) is 40.5 Å². The zero-order valence-corrected chi connectivity index (χ0v) is 20.5. The number of piperidine rings is 1. The SMILES string of the molecule is COC(=O)C1=C(C(F)(F)F)N=C(C)C(C(=O)O)C1(c1cccc([N+](=O)[O-])c1)C1CCCCN1CCCN. The second-order valence-corrected chi connectivity index (χ2v) is 9.10. The highest BCUT2D eigenvalue weighted by molar-refractivity contribution is 6.08. The predicted octanol–water partition coefficient (Wildman–Crippen LogP) is 3.20. The summed E-state index contributed by atoms with van der Waals surface area (Å²) < 4.78 is 48.2. The van der Waals surface area contributed by atoms with E-state index in [1.807, 2.05) is 4.90 Å². The highest BCUT2D eigenvalue weighted by Crippen LogP contribution is 2.54. The molecule has 3 N–H and O–H groups in total. The van der Waals surface area contributed by atoms with Gasteiger partial charge in [0.15, 0.2) is 5.70 Å². The number of likely N-dealkylation sites (tertiary alicyclic amines) is 1. The van der Waals surface area contributed by atoms with Crippen LogP contribution >= 0.6 is 0 Å². The summed E-state index contributed by atoms with van der Waals surface area (Å²) in [5.74, 6) is -4.65. The zero-order chi connectivity index (χ0) is 27.5. The molecule has 0 amide bonds. The molecule has 1 fully saturated rings. The molecule has 3 rings (SSSR count). The Balaban J connectivity index is 2.56. The van der Waals surface area contributed by atoms with E-state index in [0.29, 0.717) is 32.4 Å². The second kappa shape index (κ2) is 11.0. The molecule has 0 bridgehead atoms. The number of hydrogen-bond donors (Lipinski definition) is 2. The average molecular weight is 527 g/mol. The van der Waals surface area contributed by atoms with Crippen molar-refractivity contribution in [2.24, 2.45) is 16.6 Å². The third kappa shape index (κ3) is 5.10. The molecule has 0 aromatic heterocycles. The van der Waals surface area contributed by atoms with Crippen LogP contribution in [0.5, 0.6) is 0 Å². The van der Waals surface area contributed by atoms with Gasteiger partial charge in [0.25, 0.3) is 5.69 Å². The molecule has 3 unspecified atom stereocenters. The maximum Gasteiger partial charge on any atom is 0.433 e. The van der Waals surface area contributed by atoms with Gasteiger partial charge in [-0.1, -0.05) is 18.6 Å². The van der Waals surface area contributed by atoms with Gasteiger partial charge in [-0.2, -0.15) is 13.2 Å². The fraction of sp³-hybridized carbons (Fsp3) is 0.542. The van der Waals surface area contributed by atoms with E-state index in [9.17, 15) is 38.0 Å². The lowest BCUT2D eigenvalue weighted by atomic mass is 9.56. The van der Waals surface area contributed by atoms with Crippen molar-refractivity contribution < 1.29 is 37.5 Å². The quantitative estimate of drug-likeness (QED) is 0.298. The van der Waals surface area contributed by atoms with Crippen LogP contribution < -0.4 is 5.73 Å². The number of nitro groups is 1. The number of halogens is 3. The van der Waals surface area contributed by atoms with Crippen molar-refractivity contribution in [3.8, 4) is 0 Å². The monoisotopic (exact) mass is 526 g/mol. The van der Waals surface area contributed by atoms with Crippen LogP contribution in [-0.4, -0.2) is 71.5 Å².